The van der Waals surface area contributed by atoms with Crippen LogP contribution in [0, 0.1) is 10.1 Å². The quantitative estimate of drug-likeness (QED) is 0.414. The van der Waals surface area contributed by atoms with E-state index >= 15 is 0 Å². The Balaban J connectivity index is 1.94. The molecule has 0 aliphatic heterocycles. The Labute approximate surface area is 160 Å². The molecule has 0 saturated carbocycles. The van der Waals surface area contributed by atoms with E-state index in [0.717, 1.165) is 21.7 Å². The first-order valence-corrected chi connectivity index (χ1v) is 9.71. The number of nitrogens with zero attached hydrogens (tertiary/aromatic N) is 2. The number of aromatic nitrogens is 1. The summed E-state index contributed by atoms with van der Waals surface area (Å²) in [7, 11) is -4.00. The van der Waals surface area contributed by atoms with Crippen molar-refractivity contribution < 1.29 is 18.4 Å². The van der Waals surface area contributed by atoms with Crippen LogP contribution >= 0.6 is 0 Å². The van der Waals surface area contributed by atoms with Gasteiger partial charge in [0.05, 0.1) is 15.3 Å². The van der Waals surface area contributed by atoms with Crippen LogP contribution in [0.1, 0.15) is 0 Å². The highest BCUT2D eigenvalue weighted by Crippen LogP contribution is 2.35. The standard InChI is InChI=1S/C20H14N2O5S/c23-16-8-11-20-18(12-16)19(14-4-2-1-3-5-14)13-21(20)28(26,27)17-9-6-15(7-10-17)22(24)25/h1-13,23H. The molecule has 1 heterocycles. The first-order chi connectivity index (χ1) is 13.4. The van der Waals surface area contributed by atoms with E-state index in [9.17, 15) is 23.6 Å². The second kappa shape index (κ2) is 6.50. The fraction of sp³-hybridized carbons (Fsp3) is 0. The van der Waals surface area contributed by atoms with Gasteiger partial charge >= 0.3 is 0 Å². The lowest BCUT2D eigenvalue weighted by Crippen LogP contribution is -2.11. The number of benzene rings is 3. The van der Waals surface area contributed by atoms with Gasteiger partial charge in [-0.25, -0.2) is 12.4 Å². The number of aromatic hydroxyl groups is 1. The molecular formula is C20H14N2O5S. The fourth-order valence-electron chi connectivity index (χ4n) is 3.09. The average molecular weight is 394 g/mol. The van der Waals surface area contributed by atoms with E-state index < -0.39 is 14.9 Å². The van der Waals surface area contributed by atoms with E-state index in [1.54, 1.807) is 0 Å². The first-order valence-electron chi connectivity index (χ1n) is 8.27. The molecule has 0 unspecified atom stereocenters. The van der Waals surface area contributed by atoms with Crippen LogP contribution in [0.5, 0.6) is 5.75 Å². The van der Waals surface area contributed by atoms with E-state index in [1.165, 1.54) is 36.5 Å². The molecular weight excluding hydrogens is 380 g/mol. The molecule has 4 rings (SSSR count). The minimum Gasteiger partial charge on any atom is -0.508 e. The van der Waals surface area contributed by atoms with Crippen molar-refractivity contribution in [2.45, 2.75) is 4.90 Å². The zero-order valence-corrected chi connectivity index (χ0v) is 15.2. The van der Waals surface area contributed by atoms with Crippen molar-refractivity contribution >= 4 is 26.6 Å². The molecule has 0 spiro atoms. The molecule has 1 aromatic heterocycles. The molecule has 0 atom stereocenters. The van der Waals surface area contributed by atoms with Gasteiger partial charge in [0.25, 0.3) is 15.7 Å². The Kier molecular flexibility index (Phi) is 4.12. The van der Waals surface area contributed by atoms with Crippen LogP contribution in [0.3, 0.4) is 0 Å². The number of rotatable bonds is 4. The lowest BCUT2D eigenvalue weighted by molar-refractivity contribution is -0.384. The zero-order chi connectivity index (χ0) is 19.9. The zero-order valence-electron chi connectivity index (χ0n) is 14.4. The maximum absolute atomic E-state index is 13.2. The van der Waals surface area contributed by atoms with Crippen LogP contribution < -0.4 is 0 Å². The fourth-order valence-corrected chi connectivity index (χ4v) is 4.46. The molecule has 0 amide bonds. The molecule has 8 heteroatoms. The lowest BCUT2D eigenvalue weighted by atomic mass is 10.1. The average Bonchev–Trinajstić information content (AvgIpc) is 3.08. The number of hydrogen-bond acceptors (Lipinski definition) is 5. The molecule has 7 nitrogen and oxygen atoms in total. The van der Waals surface area contributed by atoms with E-state index in [-0.39, 0.29) is 16.3 Å². The summed E-state index contributed by atoms with van der Waals surface area (Å²) in [5.41, 5.74) is 1.66. The number of non-ortho nitro benzene ring substituents is 1. The predicted octanol–water partition coefficient (Wildman–Crippen LogP) is 4.16. The van der Waals surface area contributed by atoms with Gasteiger partial charge < -0.3 is 5.11 Å². The van der Waals surface area contributed by atoms with Gasteiger partial charge in [0.1, 0.15) is 5.75 Å². The van der Waals surface area contributed by atoms with Crippen LogP contribution in [-0.4, -0.2) is 22.4 Å². The maximum atomic E-state index is 13.2. The first kappa shape index (κ1) is 17.7. The molecule has 3 aromatic carbocycles. The molecule has 4 aromatic rings. The smallest absolute Gasteiger partial charge is 0.269 e. The molecule has 0 aliphatic carbocycles. The summed E-state index contributed by atoms with van der Waals surface area (Å²) in [6, 6.07) is 18.4. The van der Waals surface area contributed by atoms with E-state index in [2.05, 4.69) is 0 Å². The summed E-state index contributed by atoms with van der Waals surface area (Å²) in [6.07, 6.45) is 1.50. The summed E-state index contributed by atoms with van der Waals surface area (Å²) >= 11 is 0. The summed E-state index contributed by atoms with van der Waals surface area (Å²) in [5, 5.41) is 21.3. The van der Waals surface area contributed by atoms with Crippen LogP contribution in [0.2, 0.25) is 0 Å². The Morgan fingerprint density at radius 1 is 0.929 bits per heavy atom. The van der Waals surface area contributed by atoms with Crippen molar-refractivity contribution in [2.75, 3.05) is 0 Å². The van der Waals surface area contributed by atoms with Gasteiger partial charge in [-0.3, -0.25) is 10.1 Å². The van der Waals surface area contributed by atoms with Crippen molar-refractivity contribution in [1.82, 2.24) is 3.97 Å². The minimum absolute atomic E-state index is 0.0233. The highest BCUT2D eigenvalue weighted by atomic mass is 32.2. The van der Waals surface area contributed by atoms with Crippen molar-refractivity contribution in [3.8, 4) is 16.9 Å². The third kappa shape index (κ3) is 2.89. The third-order valence-electron chi connectivity index (χ3n) is 4.44. The molecule has 28 heavy (non-hydrogen) atoms. The molecule has 0 saturated heterocycles. The van der Waals surface area contributed by atoms with Crippen LogP contribution in [0.15, 0.2) is 83.9 Å². The Morgan fingerprint density at radius 3 is 2.25 bits per heavy atom. The Bertz CT molecular complexity index is 1290. The number of phenols is 1. The van der Waals surface area contributed by atoms with Gasteiger partial charge in [-0.2, -0.15) is 0 Å². The van der Waals surface area contributed by atoms with Gasteiger partial charge in [0.2, 0.25) is 0 Å². The number of nitro groups is 1. The van der Waals surface area contributed by atoms with Crippen LogP contribution in [-0.2, 0) is 10.0 Å². The van der Waals surface area contributed by atoms with E-state index in [1.807, 2.05) is 30.3 Å². The van der Waals surface area contributed by atoms with Gasteiger partial charge in [-0.15, -0.1) is 0 Å². The lowest BCUT2D eigenvalue weighted by Gasteiger charge is -2.07. The largest absolute Gasteiger partial charge is 0.508 e. The molecule has 0 fully saturated rings. The molecule has 0 radical (unpaired) electrons. The topological polar surface area (TPSA) is 102 Å². The summed E-state index contributed by atoms with van der Waals surface area (Å²) in [6.45, 7) is 0. The van der Waals surface area contributed by atoms with Crippen molar-refractivity contribution in [2.24, 2.45) is 0 Å². The SMILES string of the molecule is O=[N+]([O-])c1ccc(S(=O)(=O)n2cc(-c3ccccc3)c3cc(O)ccc32)cc1. The van der Waals surface area contributed by atoms with Crippen LogP contribution in [0.4, 0.5) is 5.69 Å². The molecule has 0 bridgehead atoms. The highest BCUT2D eigenvalue weighted by molar-refractivity contribution is 7.90. The molecule has 140 valence electrons. The van der Waals surface area contributed by atoms with E-state index in [0.29, 0.717) is 16.5 Å². The summed E-state index contributed by atoms with van der Waals surface area (Å²) < 4.78 is 27.5. The highest BCUT2D eigenvalue weighted by Gasteiger charge is 2.23. The number of phenolic OH excluding ortho intramolecular Hbond substituents is 1. The predicted molar refractivity (Wildman–Crippen MR) is 105 cm³/mol. The molecule has 1 N–H and O–H groups in total. The van der Waals surface area contributed by atoms with Gasteiger partial charge in [0, 0.05) is 29.3 Å². The Morgan fingerprint density at radius 2 is 1.61 bits per heavy atom. The summed E-state index contributed by atoms with van der Waals surface area (Å²) in [5.74, 6) is 0.0233. The Hall–Kier alpha value is -3.65. The van der Waals surface area contributed by atoms with Crippen molar-refractivity contribution in [1.29, 1.82) is 0 Å². The van der Waals surface area contributed by atoms with Gasteiger partial charge in [-0.05, 0) is 35.9 Å². The van der Waals surface area contributed by atoms with Gasteiger partial charge in [-0.1, -0.05) is 30.3 Å². The summed E-state index contributed by atoms with van der Waals surface area (Å²) in [4.78, 5) is 10.2. The van der Waals surface area contributed by atoms with Crippen molar-refractivity contribution in [3.05, 3.63) is 89.1 Å². The van der Waals surface area contributed by atoms with E-state index in [4.69, 9.17) is 0 Å². The maximum Gasteiger partial charge on any atom is 0.269 e. The minimum atomic E-state index is -4.00. The number of hydrogen-bond donors (Lipinski definition) is 1. The monoisotopic (exact) mass is 394 g/mol. The third-order valence-corrected chi connectivity index (χ3v) is 6.13. The van der Waals surface area contributed by atoms with Gasteiger partial charge in [0.15, 0.2) is 0 Å². The second-order valence-corrected chi connectivity index (χ2v) is 7.98. The van der Waals surface area contributed by atoms with Crippen LogP contribution in [0.25, 0.3) is 22.0 Å². The second-order valence-electron chi connectivity index (χ2n) is 6.16. The molecule has 0 aliphatic rings. The normalized spacial score (nSPS) is 11.6. The number of fused-ring (bicyclic) bond motifs is 1. The van der Waals surface area contributed by atoms with Crippen molar-refractivity contribution in [3.63, 3.8) is 0 Å². The number of nitro benzene ring substituents is 1.